The van der Waals surface area contributed by atoms with Gasteiger partial charge < -0.3 is 10.2 Å². The first-order chi connectivity index (χ1) is 11.8. The minimum absolute atomic E-state index is 0.291. The van der Waals surface area contributed by atoms with Crippen molar-refractivity contribution in [2.45, 2.75) is 13.1 Å². The Morgan fingerprint density at radius 1 is 1.20 bits per heavy atom. The predicted octanol–water partition coefficient (Wildman–Crippen LogP) is 6.14. The third kappa shape index (κ3) is 5.47. The zero-order chi connectivity index (χ0) is 18.4. The molecule has 0 radical (unpaired) electrons. The molecule has 0 aromatic heterocycles. The summed E-state index contributed by atoms with van der Waals surface area (Å²) >= 11 is 11.2. The lowest BCUT2D eigenvalue weighted by atomic mass is 10.2. The van der Waals surface area contributed by atoms with Gasteiger partial charge >= 0.3 is 6.18 Å². The zero-order valence-electron chi connectivity index (χ0n) is 13.3. The summed E-state index contributed by atoms with van der Waals surface area (Å²) in [6.45, 7) is 2.18. The lowest BCUT2D eigenvalue weighted by molar-refractivity contribution is -0.137. The number of rotatable bonds is 4. The molecule has 0 saturated carbocycles. The molecule has 0 unspecified atom stereocenters. The van der Waals surface area contributed by atoms with Gasteiger partial charge in [-0.2, -0.15) is 13.2 Å². The number of halogens is 4. The van der Waals surface area contributed by atoms with Gasteiger partial charge in [-0.25, -0.2) is 0 Å². The summed E-state index contributed by atoms with van der Waals surface area (Å²) in [5.74, 6) is 0. The lowest BCUT2D eigenvalue weighted by Gasteiger charge is -2.25. The Kier molecular flexibility index (Phi) is 6.45. The van der Waals surface area contributed by atoms with E-state index in [0.29, 0.717) is 28.1 Å². The van der Waals surface area contributed by atoms with E-state index in [-0.39, 0.29) is 0 Å². The Morgan fingerprint density at radius 3 is 2.48 bits per heavy atom. The molecule has 0 aliphatic rings. The van der Waals surface area contributed by atoms with E-state index >= 15 is 0 Å². The van der Waals surface area contributed by atoms with Crippen LogP contribution in [0, 0.1) is 0 Å². The molecule has 0 saturated heterocycles. The van der Waals surface area contributed by atoms with E-state index in [1.807, 2.05) is 19.1 Å². The van der Waals surface area contributed by atoms with Crippen molar-refractivity contribution < 1.29 is 13.2 Å². The number of hydrogen-bond donors (Lipinski definition) is 1. The van der Waals surface area contributed by atoms with Crippen LogP contribution in [0.4, 0.5) is 24.5 Å². The van der Waals surface area contributed by atoms with Gasteiger partial charge in [0.2, 0.25) is 0 Å². The average molecular weight is 385 g/mol. The molecule has 7 heteroatoms. The van der Waals surface area contributed by atoms with Crippen LogP contribution >= 0.6 is 23.8 Å². The third-order valence-electron chi connectivity index (χ3n) is 3.35. The first kappa shape index (κ1) is 19.3. The van der Waals surface area contributed by atoms with Crippen LogP contribution in [-0.4, -0.2) is 11.7 Å². The van der Waals surface area contributed by atoms with Gasteiger partial charge in [0.05, 0.1) is 5.56 Å². The van der Waals surface area contributed by atoms with Crippen LogP contribution in [0.15, 0.2) is 60.7 Å². The fourth-order valence-electron chi connectivity index (χ4n) is 2.09. The maximum atomic E-state index is 13.0. The highest BCUT2D eigenvalue weighted by atomic mass is 35.5. The number of alkyl halides is 3. The quantitative estimate of drug-likeness (QED) is 0.503. The molecule has 0 bridgehead atoms. The highest BCUT2D eigenvalue weighted by molar-refractivity contribution is 7.80. The molecule has 2 aromatic rings. The van der Waals surface area contributed by atoms with Crippen molar-refractivity contribution in [3.63, 3.8) is 0 Å². The summed E-state index contributed by atoms with van der Waals surface area (Å²) in [7, 11) is 0. The smallest absolute Gasteiger partial charge is 0.332 e. The molecule has 132 valence electrons. The van der Waals surface area contributed by atoms with Crippen molar-refractivity contribution in [3.05, 3.63) is 71.3 Å². The first-order valence-corrected chi connectivity index (χ1v) is 8.22. The van der Waals surface area contributed by atoms with Gasteiger partial charge in [0.25, 0.3) is 0 Å². The number of benzene rings is 2. The van der Waals surface area contributed by atoms with E-state index in [2.05, 4.69) is 5.32 Å². The number of allylic oxidation sites excluding steroid dienone is 1. The van der Waals surface area contributed by atoms with Crippen molar-refractivity contribution >= 4 is 40.3 Å². The number of hydrogen-bond acceptors (Lipinski definition) is 1. The van der Waals surface area contributed by atoms with Gasteiger partial charge in [-0.15, -0.1) is 0 Å². The molecule has 2 rings (SSSR count). The Bertz CT molecular complexity index is 758. The molecule has 0 atom stereocenters. The molecule has 2 nitrogen and oxygen atoms in total. The van der Waals surface area contributed by atoms with Gasteiger partial charge in [0.1, 0.15) is 0 Å². The molecule has 0 aliphatic heterocycles. The number of thiocarbonyl (C=S) groups is 1. The Balaban J connectivity index is 2.29. The maximum Gasteiger partial charge on any atom is 0.416 e. The number of nitrogens with one attached hydrogen (secondary N) is 1. The van der Waals surface area contributed by atoms with Crippen LogP contribution in [0.3, 0.4) is 0 Å². The summed E-state index contributed by atoms with van der Waals surface area (Å²) in [5, 5.41) is 3.89. The fraction of sp³-hybridized carbons (Fsp3) is 0.167. The van der Waals surface area contributed by atoms with Crippen molar-refractivity contribution in [2.24, 2.45) is 0 Å². The largest absolute Gasteiger partial charge is 0.416 e. The molecule has 0 aliphatic carbocycles. The molecule has 25 heavy (non-hydrogen) atoms. The van der Waals surface area contributed by atoms with Crippen LogP contribution < -0.4 is 10.2 Å². The Hall–Kier alpha value is -2.05. The minimum Gasteiger partial charge on any atom is -0.332 e. The predicted molar refractivity (Wildman–Crippen MR) is 101 cm³/mol. The van der Waals surface area contributed by atoms with Crippen LogP contribution in [0.5, 0.6) is 0 Å². The minimum atomic E-state index is -4.41. The summed E-state index contributed by atoms with van der Waals surface area (Å²) < 4.78 is 38.9. The summed E-state index contributed by atoms with van der Waals surface area (Å²) in [4.78, 5) is 1.60. The van der Waals surface area contributed by atoms with Crippen molar-refractivity contribution in [2.75, 3.05) is 16.8 Å². The second-order valence-electron chi connectivity index (χ2n) is 5.16. The molecular weight excluding hydrogens is 369 g/mol. The maximum absolute atomic E-state index is 13.0. The second-order valence-corrected chi connectivity index (χ2v) is 5.99. The summed E-state index contributed by atoms with van der Waals surface area (Å²) in [6, 6.07) is 12.0. The van der Waals surface area contributed by atoms with Crippen molar-refractivity contribution in [1.29, 1.82) is 0 Å². The van der Waals surface area contributed by atoms with Gasteiger partial charge in [0, 0.05) is 22.9 Å². The van der Waals surface area contributed by atoms with E-state index in [4.69, 9.17) is 23.8 Å². The van der Waals surface area contributed by atoms with Gasteiger partial charge in [-0.05, 0) is 61.6 Å². The topological polar surface area (TPSA) is 15.3 Å². The normalized spacial score (nSPS) is 11.6. The molecular formula is C18H16ClF3N2S. The zero-order valence-corrected chi connectivity index (χ0v) is 14.9. The van der Waals surface area contributed by atoms with Crippen LogP contribution in [0.1, 0.15) is 12.5 Å². The average Bonchev–Trinajstić information content (AvgIpc) is 2.57. The van der Waals surface area contributed by atoms with Crippen LogP contribution in [-0.2, 0) is 6.18 Å². The third-order valence-corrected chi connectivity index (χ3v) is 3.92. The number of nitrogens with zero attached hydrogens (tertiary/aromatic N) is 1. The van der Waals surface area contributed by atoms with E-state index in [0.717, 1.165) is 12.1 Å². The van der Waals surface area contributed by atoms with Crippen LogP contribution in [0.25, 0.3) is 0 Å². The molecule has 1 N–H and O–H groups in total. The van der Waals surface area contributed by atoms with Gasteiger partial charge in [-0.3, -0.25) is 0 Å². The van der Waals surface area contributed by atoms with E-state index in [1.54, 1.807) is 35.2 Å². The van der Waals surface area contributed by atoms with E-state index in [1.165, 1.54) is 6.07 Å². The SMILES string of the molecule is CC=CCN(C(=S)Nc1ccc(Cl)cc1)c1cccc(C(F)(F)F)c1. The van der Waals surface area contributed by atoms with Crippen molar-refractivity contribution in [1.82, 2.24) is 0 Å². The summed E-state index contributed by atoms with van der Waals surface area (Å²) in [5.41, 5.74) is 0.344. The Morgan fingerprint density at radius 2 is 1.88 bits per heavy atom. The highest BCUT2D eigenvalue weighted by Crippen LogP contribution is 2.32. The van der Waals surface area contributed by atoms with Crippen LogP contribution in [0.2, 0.25) is 5.02 Å². The second kappa shape index (κ2) is 8.36. The fourth-order valence-corrected chi connectivity index (χ4v) is 2.51. The standard InChI is InChI=1S/C18H16ClF3N2S/c1-2-3-11-24(16-6-4-5-13(12-16)18(20,21)22)17(25)23-15-9-7-14(19)8-10-15/h2-10,12H,11H2,1H3,(H,23,25). The Labute approximate surface area is 154 Å². The van der Waals surface area contributed by atoms with E-state index in [9.17, 15) is 13.2 Å². The van der Waals surface area contributed by atoms with E-state index < -0.39 is 11.7 Å². The summed E-state index contributed by atoms with van der Waals surface area (Å²) in [6.07, 6.45) is -0.783. The molecule has 2 aromatic carbocycles. The first-order valence-electron chi connectivity index (χ1n) is 7.44. The molecule has 0 heterocycles. The molecule has 0 spiro atoms. The van der Waals surface area contributed by atoms with Gasteiger partial charge in [0.15, 0.2) is 5.11 Å². The van der Waals surface area contributed by atoms with Gasteiger partial charge in [-0.1, -0.05) is 29.8 Å². The monoisotopic (exact) mass is 384 g/mol. The molecule has 0 amide bonds. The highest BCUT2D eigenvalue weighted by Gasteiger charge is 2.31. The number of anilines is 2. The molecule has 0 fully saturated rings. The lowest BCUT2D eigenvalue weighted by Crippen LogP contribution is -2.35. The van der Waals surface area contributed by atoms with Crippen molar-refractivity contribution in [3.8, 4) is 0 Å².